The van der Waals surface area contributed by atoms with Crippen LogP contribution in [0.5, 0.6) is 0 Å². The normalized spacial score (nSPS) is 20.9. The van der Waals surface area contributed by atoms with Gasteiger partial charge < -0.3 is 4.90 Å². The second-order valence-corrected chi connectivity index (χ2v) is 8.76. The Balaban J connectivity index is 1.44. The van der Waals surface area contributed by atoms with Gasteiger partial charge in [-0.05, 0) is 18.2 Å². The van der Waals surface area contributed by atoms with Gasteiger partial charge in [0.05, 0.1) is 30.4 Å². The summed E-state index contributed by atoms with van der Waals surface area (Å²) in [6, 6.07) is 4.99. The van der Waals surface area contributed by atoms with Crippen LogP contribution in [0.2, 0.25) is 0 Å². The average Bonchev–Trinajstić information content (AvgIpc) is 3.34. The second-order valence-electron chi connectivity index (χ2n) is 6.78. The van der Waals surface area contributed by atoms with Crippen LogP contribution < -0.4 is 10.4 Å². The molecule has 0 aliphatic carbocycles. The fourth-order valence-electron chi connectivity index (χ4n) is 3.34. The van der Waals surface area contributed by atoms with E-state index >= 15 is 0 Å². The summed E-state index contributed by atoms with van der Waals surface area (Å²) in [5, 5.41) is 7.65. The monoisotopic (exact) mass is 408 g/mol. The van der Waals surface area contributed by atoms with Crippen molar-refractivity contribution in [2.45, 2.75) is 12.6 Å². The number of aromatic nitrogens is 3. The molecule has 0 amide bonds. The van der Waals surface area contributed by atoms with Crippen LogP contribution in [-0.4, -0.2) is 66.3 Å². The van der Waals surface area contributed by atoms with E-state index < -0.39 is 10.0 Å². The molecule has 11 heteroatoms. The third kappa shape index (κ3) is 4.01. The van der Waals surface area contributed by atoms with E-state index in [1.807, 2.05) is 17.0 Å². The third-order valence-corrected chi connectivity index (χ3v) is 6.12. The number of sulfonamides is 1. The maximum Gasteiger partial charge on any atom is 0.211 e. The van der Waals surface area contributed by atoms with Crippen molar-refractivity contribution in [3.63, 3.8) is 0 Å². The summed E-state index contributed by atoms with van der Waals surface area (Å²) in [5.41, 5.74) is 4.67. The highest BCUT2D eigenvalue weighted by Crippen LogP contribution is 2.26. The molecule has 0 bridgehead atoms. The molecule has 1 aromatic carbocycles. The molecular formula is C17H21FN6O3S. The van der Waals surface area contributed by atoms with Gasteiger partial charge in [0, 0.05) is 37.9 Å². The molecule has 1 aromatic heterocycles. The Kier molecular flexibility index (Phi) is 5.04. The Hall–Kier alpha value is -2.50. The van der Waals surface area contributed by atoms with Crippen molar-refractivity contribution in [2.75, 3.05) is 37.3 Å². The van der Waals surface area contributed by atoms with Gasteiger partial charge in [0.1, 0.15) is 11.9 Å². The zero-order valence-corrected chi connectivity index (χ0v) is 16.1. The number of rotatable bonds is 5. The van der Waals surface area contributed by atoms with Crippen LogP contribution in [0.1, 0.15) is 5.56 Å². The average molecular weight is 408 g/mol. The SMILES string of the molecule is CS(=O)(=O)N1CCN(c2ccc(C3=CC(Cn4ccnn4)ON3)cc2F)CC1. The zero-order valence-electron chi connectivity index (χ0n) is 15.3. The van der Waals surface area contributed by atoms with Crippen molar-refractivity contribution in [1.82, 2.24) is 24.8 Å². The molecular weight excluding hydrogens is 387 g/mol. The molecule has 2 aliphatic heterocycles. The lowest BCUT2D eigenvalue weighted by atomic mass is 10.1. The second kappa shape index (κ2) is 7.49. The number of nitrogens with zero attached hydrogens (tertiary/aromatic N) is 5. The molecule has 1 atom stereocenters. The number of hydrogen-bond donors (Lipinski definition) is 1. The number of anilines is 1. The van der Waals surface area contributed by atoms with Crippen LogP contribution >= 0.6 is 0 Å². The predicted octanol–water partition coefficient (Wildman–Crippen LogP) is 0.443. The summed E-state index contributed by atoms with van der Waals surface area (Å²) in [7, 11) is -3.21. The highest BCUT2D eigenvalue weighted by Gasteiger charge is 2.25. The first-order chi connectivity index (χ1) is 13.4. The first-order valence-electron chi connectivity index (χ1n) is 8.88. The van der Waals surface area contributed by atoms with E-state index in [0.717, 1.165) is 0 Å². The fourth-order valence-corrected chi connectivity index (χ4v) is 4.17. The summed E-state index contributed by atoms with van der Waals surface area (Å²) in [6.07, 6.45) is 6.17. The van der Waals surface area contributed by atoms with Gasteiger partial charge in [0.2, 0.25) is 10.0 Å². The van der Waals surface area contributed by atoms with Crippen LogP contribution in [0.25, 0.3) is 5.70 Å². The molecule has 4 rings (SSSR count). The molecule has 2 aromatic rings. The van der Waals surface area contributed by atoms with Crippen molar-refractivity contribution in [3.8, 4) is 0 Å². The molecule has 3 heterocycles. The van der Waals surface area contributed by atoms with E-state index in [-0.39, 0.29) is 11.9 Å². The molecule has 1 N–H and O–H groups in total. The van der Waals surface area contributed by atoms with Crippen molar-refractivity contribution in [3.05, 3.63) is 48.0 Å². The molecule has 0 radical (unpaired) electrons. The molecule has 28 heavy (non-hydrogen) atoms. The van der Waals surface area contributed by atoms with Gasteiger partial charge in [-0.25, -0.2) is 17.5 Å². The largest absolute Gasteiger partial charge is 0.367 e. The Morgan fingerprint density at radius 3 is 2.71 bits per heavy atom. The van der Waals surface area contributed by atoms with E-state index in [0.29, 0.717) is 49.7 Å². The van der Waals surface area contributed by atoms with Crippen LogP contribution in [0.15, 0.2) is 36.7 Å². The van der Waals surface area contributed by atoms with Gasteiger partial charge in [-0.3, -0.25) is 10.3 Å². The van der Waals surface area contributed by atoms with E-state index in [1.54, 1.807) is 23.1 Å². The standard InChI is InChI=1S/C17H21FN6O3S/c1-28(25,26)24-8-6-22(7-9-24)17-3-2-13(10-15(17)18)16-11-14(27-20-16)12-23-5-4-19-21-23/h2-5,10-11,14,20H,6-9,12H2,1H3. The Morgan fingerprint density at radius 1 is 1.29 bits per heavy atom. The van der Waals surface area contributed by atoms with Crippen LogP contribution in [-0.2, 0) is 21.4 Å². The number of benzene rings is 1. The summed E-state index contributed by atoms with van der Waals surface area (Å²) >= 11 is 0. The number of hydroxylamine groups is 1. The van der Waals surface area contributed by atoms with Gasteiger partial charge >= 0.3 is 0 Å². The lowest BCUT2D eigenvalue weighted by Gasteiger charge is -2.34. The molecule has 2 aliphatic rings. The summed E-state index contributed by atoms with van der Waals surface area (Å²) in [5.74, 6) is -0.354. The Bertz CT molecular complexity index is 971. The van der Waals surface area contributed by atoms with E-state index in [9.17, 15) is 12.8 Å². The zero-order chi connectivity index (χ0) is 19.7. The molecule has 0 spiro atoms. The van der Waals surface area contributed by atoms with E-state index in [1.165, 1.54) is 16.6 Å². The highest BCUT2D eigenvalue weighted by molar-refractivity contribution is 7.88. The van der Waals surface area contributed by atoms with Gasteiger partial charge in [0.25, 0.3) is 0 Å². The van der Waals surface area contributed by atoms with Gasteiger partial charge in [-0.15, -0.1) is 5.10 Å². The third-order valence-electron chi connectivity index (χ3n) is 4.82. The van der Waals surface area contributed by atoms with Gasteiger partial charge in [-0.2, -0.15) is 4.31 Å². The lowest BCUT2D eigenvalue weighted by Crippen LogP contribution is -2.48. The van der Waals surface area contributed by atoms with Gasteiger partial charge in [-0.1, -0.05) is 11.3 Å². The highest BCUT2D eigenvalue weighted by atomic mass is 32.2. The van der Waals surface area contributed by atoms with Crippen LogP contribution in [0.4, 0.5) is 10.1 Å². The molecule has 9 nitrogen and oxygen atoms in total. The molecule has 1 unspecified atom stereocenters. The van der Waals surface area contributed by atoms with Crippen molar-refractivity contribution in [1.29, 1.82) is 0 Å². The maximum atomic E-state index is 14.7. The number of hydrogen-bond acceptors (Lipinski definition) is 7. The number of nitrogens with one attached hydrogen (secondary N) is 1. The minimum Gasteiger partial charge on any atom is -0.367 e. The molecule has 1 fully saturated rings. The minimum absolute atomic E-state index is 0.233. The molecule has 1 saturated heterocycles. The Labute approximate surface area is 162 Å². The predicted molar refractivity (Wildman–Crippen MR) is 101 cm³/mol. The molecule has 150 valence electrons. The quantitative estimate of drug-likeness (QED) is 0.768. The van der Waals surface area contributed by atoms with Crippen molar-refractivity contribution < 1.29 is 17.6 Å². The maximum absolute atomic E-state index is 14.7. The van der Waals surface area contributed by atoms with E-state index in [4.69, 9.17) is 4.84 Å². The first-order valence-corrected chi connectivity index (χ1v) is 10.7. The lowest BCUT2D eigenvalue weighted by molar-refractivity contribution is 0.0395. The first kappa shape index (κ1) is 18.8. The van der Waals surface area contributed by atoms with Crippen LogP contribution in [0, 0.1) is 5.82 Å². The number of piperazine rings is 1. The van der Waals surface area contributed by atoms with Crippen LogP contribution in [0.3, 0.4) is 0 Å². The number of halogens is 1. The van der Waals surface area contributed by atoms with Crippen molar-refractivity contribution in [2.24, 2.45) is 0 Å². The van der Waals surface area contributed by atoms with Gasteiger partial charge in [0.15, 0.2) is 0 Å². The Morgan fingerprint density at radius 2 is 2.07 bits per heavy atom. The van der Waals surface area contributed by atoms with E-state index in [2.05, 4.69) is 15.8 Å². The summed E-state index contributed by atoms with van der Waals surface area (Å²) in [4.78, 5) is 7.36. The summed E-state index contributed by atoms with van der Waals surface area (Å²) in [6.45, 7) is 2.11. The smallest absolute Gasteiger partial charge is 0.211 e. The van der Waals surface area contributed by atoms with Crippen molar-refractivity contribution >= 4 is 21.4 Å². The topological polar surface area (TPSA) is 92.6 Å². The molecule has 0 saturated carbocycles. The fraction of sp³-hybridized carbons (Fsp3) is 0.412. The minimum atomic E-state index is -3.21. The summed E-state index contributed by atoms with van der Waals surface area (Å²) < 4.78 is 41.0.